The zero-order valence-electron chi connectivity index (χ0n) is 20.7. The van der Waals surface area contributed by atoms with Gasteiger partial charge in [-0.05, 0) is 23.6 Å². The number of nitrogens with zero attached hydrogens (tertiary/aromatic N) is 2. The molecule has 0 bridgehead atoms. The predicted octanol–water partition coefficient (Wildman–Crippen LogP) is 3.81. The Balaban J connectivity index is 1.38. The summed E-state index contributed by atoms with van der Waals surface area (Å²) in [5.74, 6) is -5.58. The van der Waals surface area contributed by atoms with Gasteiger partial charge in [0.25, 0.3) is 5.56 Å². The average molecular weight is 543 g/mol. The maximum atomic E-state index is 14.9. The number of rotatable bonds is 7. The zero-order valence-corrected chi connectivity index (χ0v) is 20.7. The molecule has 7 nitrogen and oxygen atoms in total. The van der Waals surface area contributed by atoms with E-state index in [1.165, 1.54) is 24.4 Å². The Bertz CT molecular complexity index is 1420. The Kier molecular flexibility index (Phi) is 7.24. The monoisotopic (exact) mass is 542 g/mol. The Hall–Kier alpha value is -4.02. The summed E-state index contributed by atoms with van der Waals surface area (Å²) in [4.78, 5) is 46.0. The Morgan fingerprint density at radius 3 is 2.51 bits per heavy atom. The molecule has 1 saturated heterocycles. The lowest BCUT2D eigenvalue weighted by atomic mass is 9.77. The molecular weight excluding hydrogens is 516 g/mol. The maximum Gasteiger partial charge on any atom is 0.251 e. The molecule has 2 aromatic heterocycles. The van der Waals surface area contributed by atoms with Crippen molar-refractivity contribution in [3.8, 4) is 0 Å². The summed E-state index contributed by atoms with van der Waals surface area (Å²) < 4.78 is 56.0. The second kappa shape index (κ2) is 10.6. The van der Waals surface area contributed by atoms with Crippen LogP contribution in [0.15, 0.2) is 65.6 Å². The van der Waals surface area contributed by atoms with Crippen molar-refractivity contribution in [2.24, 2.45) is 0 Å². The topological polar surface area (TPSA) is 95.2 Å². The van der Waals surface area contributed by atoms with Gasteiger partial charge in [0.2, 0.25) is 23.7 Å². The van der Waals surface area contributed by atoms with Crippen molar-refractivity contribution in [3.05, 3.63) is 99.5 Å². The smallest absolute Gasteiger partial charge is 0.251 e. The van der Waals surface area contributed by atoms with Gasteiger partial charge in [0.15, 0.2) is 0 Å². The molecule has 11 heteroatoms. The van der Waals surface area contributed by atoms with Crippen LogP contribution in [0, 0.1) is 5.95 Å². The first-order valence-corrected chi connectivity index (χ1v) is 12.6. The zero-order chi connectivity index (χ0) is 27.7. The van der Waals surface area contributed by atoms with E-state index in [2.05, 4.69) is 15.3 Å². The second-order valence-corrected chi connectivity index (χ2v) is 10.0. The standard InChI is InChI=1S/C28H26F4N4O3/c29-19-12-22(36(15-19)23(37)11-17-7-4-10-33-26(17)38)27(39)35-24(16-5-2-1-3-6-16)21-9-8-20(25(30)34-21)18-13-28(31,32)14-18/h1-10,18-19,22,24H,11-15H2,(H,33,38)(H,35,39). The third kappa shape index (κ3) is 5.71. The van der Waals surface area contributed by atoms with Crippen LogP contribution in [-0.2, 0) is 16.0 Å². The maximum absolute atomic E-state index is 14.9. The highest BCUT2D eigenvalue weighted by Crippen LogP contribution is 2.48. The van der Waals surface area contributed by atoms with Crippen molar-refractivity contribution in [1.82, 2.24) is 20.2 Å². The van der Waals surface area contributed by atoms with Gasteiger partial charge in [0, 0.05) is 36.6 Å². The number of alkyl halides is 3. The largest absolute Gasteiger partial charge is 0.342 e. The van der Waals surface area contributed by atoms with Crippen LogP contribution in [0.2, 0.25) is 0 Å². The van der Waals surface area contributed by atoms with E-state index in [-0.39, 0.29) is 36.2 Å². The van der Waals surface area contributed by atoms with Crippen molar-refractivity contribution in [2.75, 3.05) is 6.54 Å². The molecule has 2 N–H and O–H groups in total. The molecule has 204 valence electrons. The number of pyridine rings is 2. The molecule has 3 atom stereocenters. The molecule has 2 amide bonds. The highest BCUT2D eigenvalue weighted by molar-refractivity contribution is 5.89. The summed E-state index contributed by atoms with van der Waals surface area (Å²) in [6.45, 7) is -0.300. The number of H-pyrrole nitrogens is 1. The number of likely N-dealkylation sites (tertiary alicyclic amines) is 1. The molecule has 3 heterocycles. The van der Waals surface area contributed by atoms with Gasteiger partial charge >= 0.3 is 0 Å². The number of aromatic nitrogens is 2. The van der Waals surface area contributed by atoms with Gasteiger partial charge in [0.05, 0.1) is 24.7 Å². The number of aromatic amines is 1. The molecule has 5 rings (SSSR count). The first-order chi connectivity index (χ1) is 18.6. The minimum absolute atomic E-state index is 0.0894. The fourth-order valence-corrected chi connectivity index (χ4v) is 5.19. The molecule has 39 heavy (non-hydrogen) atoms. The van der Waals surface area contributed by atoms with Crippen molar-refractivity contribution in [3.63, 3.8) is 0 Å². The van der Waals surface area contributed by atoms with E-state index in [1.807, 2.05) is 0 Å². The number of amides is 2. The van der Waals surface area contributed by atoms with Crippen molar-refractivity contribution in [2.45, 2.75) is 55.8 Å². The summed E-state index contributed by atoms with van der Waals surface area (Å²) in [7, 11) is 0. The van der Waals surface area contributed by atoms with E-state index in [0.717, 1.165) is 4.90 Å². The second-order valence-electron chi connectivity index (χ2n) is 10.0. The van der Waals surface area contributed by atoms with E-state index in [0.29, 0.717) is 5.56 Å². The molecular formula is C28H26F4N4O3. The van der Waals surface area contributed by atoms with Crippen LogP contribution in [0.5, 0.6) is 0 Å². The summed E-state index contributed by atoms with van der Waals surface area (Å²) in [6.07, 6.45) is -1.45. The van der Waals surface area contributed by atoms with Crippen LogP contribution in [0.4, 0.5) is 17.6 Å². The van der Waals surface area contributed by atoms with Gasteiger partial charge in [-0.1, -0.05) is 42.5 Å². The average Bonchev–Trinajstić information content (AvgIpc) is 3.29. The van der Waals surface area contributed by atoms with Gasteiger partial charge in [-0.3, -0.25) is 14.4 Å². The minimum atomic E-state index is -2.82. The fraction of sp³-hybridized carbons (Fsp3) is 0.357. The van der Waals surface area contributed by atoms with Gasteiger partial charge in [-0.2, -0.15) is 4.39 Å². The molecule has 1 saturated carbocycles. The van der Waals surface area contributed by atoms with Crippen LogP contribution in [-0.4, -0.2) is 51.4 Å². The summed E-state index contributed by atoms with van der Waals surface area (Å²) in [6, 6.07) is 12.4. The molecule has 1 aromatic carbocycles. The Morgan fingerprint density at radius 1 is 1.10 bits per heavy atom. The van der Waals surface area contributed by atoms with E-state index in [9.17, 15) is 31.9 Å². The van der Waals surface area contributed by atoms with Crippen molar-refractivity contribution < 1.29 is 27.2 Å². The lowest BCUT2D eigenvalue weighted by Gasteiger charge is -2.35. The van der Waals surface area contributed by atoms with Gasteiger partial charge < -0.3 is 15.2 Å². The number of nitrogens with one attached hydrogen (secondary N) is 2. The fourth-order valence-electron chi connectivity index (χ4n) is 5.19. The van der Waals surface area contributed by atoms with Crippen LogP contribution in [0.1, 0.15) is 53.6 Å². The number of benzene rings is 1. The first kappa shape index (κ1) is 26.6. The normalized spacial score (nSPS) is 21.3. The summed E-state index contributed by atoms with van der Waals surface area (Å²) in [5, 5.41) is 2.77. The van der Waals surface area contributed by atoms with E-state index in [4.69, 9.17) is 0 Å². The number of hydrogen-bond acceptors (Lipinski definition) is 4. The quantitative estimate of drug-likeness (QED) is 0.351. The third-order valence-electron chi connectivity index (χ3n) is 7.26. The van der Waals surface area contributed by atoms with E-state index >= 15 is 0 Å². The predicted molar refractivity (Wildman–Crippen MR) is 133 cm³/mol. The summed E-state index contributed by atoms with van der Waals surface area (Å²) >= 11 is 0. The van der Waals surface area contributed by atoms with Crippen LogP contribution in [0.25, 0.3) is 0 Å². The van der Waals surface area contributed by atoms with Gasteiger partial charge in [-0.15, -0.1) is 0 Å². The summed E-state index contributed by atoms with van der Waals surface area (Å²) in [5.41, 5.74) is 0.519. The SMILES string of the molecule is O=C(NC(c1ccccc1)c1ccc(C2CC(F)(F)C2)c(F)n1)C1CC(F)CN1C(=O)Cc1ccc[nH]c1=O. The van der Waals surface area contributed by atoms with Crippen LogP contribution >= 0.6 is 0 Å². The van der Waals surface area contributed by atoms with E-state index in [1.54, 1.807) is 36.4 Å². The number of halogens is 4. The number of carbonyl (C=O) groups excluding carboxylic acids is 2. The number of hydrogen-bond donors (Lipinski definition) is 2. The molecule has 3 aromatic rings. The molecule has 1 aliphatic heterocycles. The highest BCUT2D eigenvalue weighted by atomic mass is 19.3. The number of carbonyl (C=O) groups is 2. The Morgan fingerprint density at radius 2 is 1.85 bits per heavy atom. The van der Waals surface area contributed by atoms with Crippen LogP contribution < -0.4 is 10.9 Å². The molecule has 0 radical (unpaired) electrons. The molecule has 0 spiro atoms. The van der Waals surface area contributed by atoms with Gasteiger partial charge in [-0.25, -0.2) is 18.2 Å². The van der Waals surface area contributed by atoms with Gasteiger partial charge in [0.1, 0.15) is 12.2 Å². The van der Waals surface area contributed by atoms with E-state index < -0.39 is 66.3 Å². The minimum Gasteiger partial charge on any atom is -0.342 e. The lowest BCUT2D eigenvalue weighted by molar-refractivity contribution is -0.138. The van der Waals surface area contributed by atoms with Crippen molar-refractivity contribution in [1.29, 1.82) is 0 Å². The molecule has 2 fully saturated rings. The first-order valence-electron chi connectivity index (χ1n) is 12.6. The highest BCUT2D eigenvalue weighted by Gasteiger charge is 2.47. The molecule has 2 aliphatic rings. The Labute approximate surface area is 221 Å². The van der Waals surface area contributed by atoms with Crippen LogP contribution in [0.3, 0.4) is 0 Å². The molecule has 1 aliphatic carbocycles. The lowest BCUT2D eigenvalue weighted by Crippen LogP contribution is -2.47. The van der Waals surface area contributed by atoms with Crippen molar-refractivity contribution >= 4 is 11.8 Å². The molecule has 3 unspecified atom stereocenters. The third-order valence-corrected chi connectivity index (χ3v) is 7.26.